The molecule has 0 spiro atoms. The minimum absolute atomic E-state index is 0.0336. The Kier molecular flexibility index (Phi) is 5.06. The molecule has 1 aliphatic rings. The minimum atomic E-state index is -0.556. The highest BCUT2D eigenvalue weighted by atomic mass is 32.2. The number of amides is 1. The highest BCUT2D eigenvalue weighted by Gasteiger charge is 2.26. The van der Waals surface area contributed by atoms with E-state index < -0.39 is 10.8 Å². The third-order valence-electron chi connectivity index (χ3n) is 3.76. The van der Waals surface area contributed by atoms with E-state index in [4.69, 9.17) is 5.73 Å². The average molecular weight is 309 g/mol. The van der Waals surface area contributed by atoms with Gasteiger partial charge in [0.1, 0.15) is 5.56 Å². The van der Waals surface area contributed by atoms with Gasteiger partial charge in [0, 0.05) is 23.0 Å². The van der Waals surface area contributed by atoms with Crippen molar-refractivity contribution in [2.24, 2.45) is 0 Å². The van der Waals surface area contributed by atoms with Crippen molar-refractivity contribution in [3.8, 4) is 0 Å². The van der Waals surface area contributed by atoms with E-state index in [1.807, 2.05) is 0 Å². The van der Waals surface area contributed by atoms with Crippen LogP contribution in [0.2, 0.25) is 0 Å². The Morgan fingerprint density at radius 2 is 2.24 bits per heavy atom. The molecule has 0 saturated heterocycles. The Hall–Kier alpha value is -1.76. The van der Waals surface area contributed by atoms with Crippen LogP contribution in [0.15, 0.2) is 18.2 Å². The zero-order chi connectivity index (χ0) is 15.4. The summed E-state index contributed by atoms with van der Waals surface area (Å²) in [6, 6.07) is 4.14. The molecular formula is C14H19N3O3S. The molecule has 2 unspecified atom stereocenters. The molecule has 1 aliphatic carbocycles. The third-order valence-corrected chi connectivity index (χ3v) is 4.85. The number of carbonyl (C=O) groups excluding carboxylic acids is 1. The summed E-state index contributed by atoms with van der Waals surface area (Å²) in [7, 11) is 0. The number of nitrogens with one attached hydrogen (secondary N) is 1. The van der Waals surface area contributed by atoms with Gasteiger partial charge in [0.25, 0.3) is 11.6 Å². The number of nitrogens with zero attached hydrogens (tertiary/aromatic N) is 1. The molecule has 1 amide bonds. The first-order valence-corrected chi connectivity index (χ1v) is 8.17. The summed E-state index contributed by atoms with van der Waals surface area (Å²) in [5, 5.41) is 14.5. The summed E-state index contributed by atoms with van der Waals surface area (Å²) < 4.78 is 0. The normalized spacial score (nSPS) is 21.8. The number of nitro groups is 1. The van der Waals surface area contributed by atoms with Gasteiger partial charge in [-0.3, -0.25) is 14.9 Å². The minimum Gasteiger partial charge on any atom is -0.399 e. The van der Waals surface area contributed by atoms with Crippen LogP contribution in [-0.2, 0) is 0 Å². The first-order valence-electron chi connectivity index (χ1n) is 6.89. The number of carbonyl (C=O) groups is 1. The molecule has 1 aromatic carbocycles. The number of hydrogen-bond acceptors (Lipinski definition) is 5. The van der Waals surface area contributed by atoms with Crippen LogP contribution in [0.1, 0.15) is 36.0 Å². The van der Waals surface area contributed by atoms with Gasteiger partial charge < -0.3 is 11.1 Å². The van der Waals surface area contributed by atoms with E-state index in [2.05, 4.69) is 11.6 Å². The molecule has 21 heavy (non-hydrogen) atoms. The molecule has 0 aromatic heterocycles. The molecule has 2 atom stereocenters. The second-order valence-corrected chi connectivity index (χ2v) is 6.37. The van der Waals surface area contributed by atoms with Gasteiger partial charge in [0.2, 0.25) is 0 Å². The predicted octanol–water partition coefficient (Wildman–Crippen LogP) is 2.58. The van der Waals surface area contributed by atoms with Crippen LogP contribution < -0.4 is 11.1 Å². The van der Waals surface area contributed by atoms with Crippen LogP contribution in [0.5, 0.6) is 0 Å². The van der Waals surface area contributed by atoms with Crippen molar-refractivity contribution >= 4 is 29.0 Å². The molecule has 6 nitrogen and oxygen atoms in total. The van der Waals surface area contributed by atoms with Crippen LogP contribution in [0.3, 0.4) is 0 Å². The summed E-state index contributed by atoms with van der Waals surface area (Å²) in [5.74, 6) is -0.416. The second kappa shape index (κ2) is 6.80. The molecule has 1 saturated carbocycles. The average Bonchev–Trinajstić information content (AvgIpc) is 2.47. The van der Waals surface area contributed by atoms with Gasteiger partial charge in [-0.05, 0) is 37.7 Å². The Morgan fingerprint density at radius 3 is 2.90 bits per heavy atom. The monoisotopic (exact) mass is 309 g/mol. The zero-order valence-corrected chi connectivity index (χ0v) is 12.7. The topological polar surface area (TPSA) is 98.3 Å². The summed E-state index contributed by atoms with van der Waals surface area (Å²) in [6.07, 6.45) is 6.11. The van der Waals surface area contributed by atoms with Crippen molar-refractivity contribution in [3.05, 3.63) is 33.9 Å². The maximum absolute atomic E-state index is 12.3. The number of nitrogens with two attached hydrogens (primary N) is 1. The first-order chi connectivity index (χ1) is 10.0. The Labute approximate surface area is 127 Å². The molecule has 3 N–H and O–H groups in total. The molecule has 1 aromatic rings. The van der Waals surface area contributed by atoms with E-state index in [-0.39, 0.29) is 17.3 Å². The van der Waals surface area contributed by atoms with Gasteiger partial charge in [-0.2, -0.15) is 11.8 Å². The highest BCUT2D eigenvalue weighted by molar-refractivity contribution is 7.99. The summed E-state index contributed by atoms with van der Waals surface area (Å²) in [4.78, 5) is 22.8. The maximum atomic E-state index is 12.3. The highest BCUT2D eigenvalue weighted by Crippen LogP contribution is 2.28. The van der Waals surface area contributed by atoms with Crippen LogP contribution in [0.4, 0.5) is 11.4 Å². The number of thioether (sulfide) groups is 1. The molecule has 0 aliphatic heterocycles. The molecule has 0 heterocycles. The lowest BCUT2D eigenvalue weighted by molar-refractivity contribution is -0.385. The first kappa shape index (κ1) is 15.6. The van der Waals surface area contributed by atoms with Crippen molar-refractivity contribution in [1.82, 2.24) is 5.32 Å². The number of hydrogen-bond donors (Lipinski definition) is 2. The van der Waals surface area contributed by atoms with Gasteiger partial charge in [-0.25, -0.2) is 0 Å². The lowest BCUT2D eigenvalue weighted by atomic mass is 9.94. The number of benzene rings is 1. The van der Waals surface area contributed by atoms with Gasteiger partial charge in [-0.15, -0.1) is 0 Å². The fourth-order valence-corrected chi connectivity index (χ4v) is 3.48. The second-order valence-electron chi connectivity index (χ2n) is 5.23. The molecule has 1 fully saturated rings. The van der Waals surface area contributed by atoms with Gasteiger partial charge in [0.05, 0.1) is 4.92 Å². The van der Waals surface area contributed by atoms with Crippen LogP contribution in [0, 0.1) is 10.1 Å². The van der Waals surface area contributed by atoms with Crippen molar-refractivity contribution in [1.29, 1.82) is 0 Å². The summed E-state index contributed by atoms with van der Waals surface area (Å²) >= 11 is 1.80. The molecule has 2 rings (SSSR count). The van der Waals surface area contributed by atoms with Crippen molar-refractivity contribution < 1.29 is 9.72 Å². The Bertz CT molecular complexity index is 550. The Morgan fingerprint density at radius 1 is 1.48 bits per heavy atom. The third kappa shape index (κ3) is 3.87. The number of nitrogen functional groups attached to an aromatic ring is 1. The maximum Gasteiger partial charge on any atom is 0.282 e. The molecule has 0 radical (unpaired) electrons. The number of rotatable bonds is 4. The van der Waals surface area contributed by atoms with Gasteiger partial charge in [-0.1, -0.05) is 6.42 Å². The zero-order valence-electron chi connectivity index (χ0n) is 11.9. The number of nitro benzene ring substituents is 1. The Balaban J connectivity index is 2.13. The van der Waals surface area contributed by atoms with E-state index >= 15 is 0 Å². The largest absolute Gasteiger partial charge is 0.399 e. The summed E-state index contributed by atoms with van der Waals surface area (Å²) in [5.41, 5.74) is 5.80. The van der Waals surface area contributed by atoms with Crippen LogP contribution in [-0.4, -0.2) is 28.4 Å². The van der Waals surface area contributed by atoms with Crippen LogP contribution in [0.25, 0.3) is 0 Å². The van der Waals surface area contributed by atoms with E-state index in [1.54, 1.807) is 11.8 Å². The summed E-state index contributed by atoms with van der Waals surface area (Å²) in [6.45, 7) is 0. The standard InChI is InChI=1S/C14H19N3O3S/c1-21-11-4-2-3-10(8-11)16-14(18)12-7-9(15)5-6-13(12)17(19)20/h5-7,10-11H,2-4,8,15H2,1H3,(H,16,18). The van der Waals surface area contributed by atoms with Crippen molar-refractivity contribution in [2.75, 3.05) is 12.0 Å². The smallest absolute Gasteiger partial charge is 0.282 e. The number of anilines is 1. The SMILES string of the molecule is CSC1CCCC(NC(=O)c2cc(N)ccc2[N+](=O)[O-])C1. The van der Waals surface area contributed by atoms with Gasteiger partial charge in [0.15, 0.2) is 0 Å². The quantitative estimate of drug-likeness (QED) is 0.506. The van der Waals surface area contributed by atoms with E-state index in [0.717, 1.165) is 25.7 Å². The fourth-order valence-electron chi connectivity index (χ4n) is 2.65. The molecule has 7 heteroatoms. The van der Waals surface area contributed by atoms with Crippen molar-refractivity contribution in [3.63, 3.8) is 0 Å². The van der Waals surface area contributed by atoms with Crippen molar-refractivity contribution in [2.45, 2.75) is 37.0 Å². The molecular weight excluding hydrogens is 290 g/mol. The molecule has 114 valence electrons. The van der Waals surface area contributed by atoms with E-state index in [1.165, 1.54) is 18.2 Å². The fraction of sp³-hybridized carbons (Fsp3) is 0.500. The lowest BCUT2D eigenvalue weighted by Crippen LogP contribution is -2.39. The predicted molar refractivity (Wildman–Crippen MR) is 84.5 cm³/mol. The van der Waals surface area contributed by atoms with E-state index in [9.17, 15) is 14.9 Å². The van der Waals surface area contributed by atoms with E-state index in [0.29, 0.717) is 10.9 Å². The van der Waals surface area contributed by atoms with Crippen LogP contribution >= 0.6 is 11.8 Å². The van der Waals surface area contributed by atoms with Gasteiger partial charge >= 0.3 is 0 Å². The molecule has 0 bridgehead atoms. The lowest BCUT2D eigenvalue weighted by Gasteiger charge is -2.28.